The minimum Gasteiger partial charge on any atom is -0.399 e. The first-order valence-electron chi connectivity index (χ1n) is 7.21. The lowest BCUT2D eigenvalue weighted by atomic mass is 9.98. The van der Waals surface area contributed by atoms with Crippen molar-refractivity contribution in [1.82, 2.24) is 15.1 Å². The second kappa shape index (κ2) is 5.04. The van der Waals surface area contributed by atoms with Gasteiger partial charge in [-0.1, -0.05) is 0 Å². The van der Waals surface area contributed by atoms with Crippen LogP contribution < -0.4 is 5.73 Å². The molecule has 1 fully saturated rings. The molecule has 0 spiro atoms. The van der Waals surface area contributed by atoms with Crippen molar-refractivity contribution in [2.75, 3.05) is 18.8 Å². The van der Waals surface area contributed by atoms with Gasteiger partial charge in [-0.3, -0.25) is 9.89 Å². The minimum atomic E-state index is -0.687. The second-order valence-corrected chi connectivity index (χ2v) is 6.02. The van der Waals surface area contributed by atoms with Crippen LogP contribution in [0.2, 0.25) is 0 Å². The zero-order valence-corrected chi connectivity index (χ0v) is 12.1. The van der Waals surface area contributed by atoms with Crippen molar-refractivity contribution in [2.45, 2.75) is 31.8 Å². The first-order valence-corrected chi connectivity index (χ1v) is 7.21. The zero-order chi connectivity index (χ0) is 15.0. The van der Waals surface area contributed by atoms with Crippen LogP contribution in [0.4, 0.5) is 5.69 Å². The molecule has 2 aromatic rings. The lowest BCUT2D eigenvalue weighted by Gasteiger charge is -2.22. The summed E-state index contributed by atoms with van der Waals surface area (Å²) in [5.74, 6) is -0.107. The number of carbonyl (C=O) groups is 1. The maximum Gasteiger partial charge on any atom is 0.274 e. The third-order valence-electron chi connectivity index (χ3n) is 4.14. The number of aromatic nitrogens is 2. The van der Waals surface area contributed by atoms with Gasteiger partial charge in [0.25, 0.3) is 5.91 Å². The third-order valence-corrected chi connectivity index (χ3v) is 4.14. The number of rotatable bonds is 1. The predicted molar refractivity (Wildman–Crippen MR) is 80.9 cm³/mol. The molecule has 1 aliphatic rings. The molecular weight excluding hydrogens is 268 g/mol. The Kier molecular flexibility index (Phi) is 3.33. The Morgan fingerprint density at radius 1 is 1.43 bits per heavy atom. The topological polar surface area (TPSA) is 95.2 Å². The molecule has 2 heterocycles. The molecule has 0 saturated carbocycles. The highest BCUT2D eigenvalue weighted by molar-refractivity contribution is 6.05. The summed E-state index contributed by atoms with van der Waals surface area (Å²) < 4.78 is 0. The number of aliphatic hydroxyl groups is 1. The summed E-state index contributed by atoms with van der Waals surface area (Å²) in [5, 5.41) is 17.9. The van der Waals surface area contributed by atoms with Crippen LogP contribution in [0.1, 0.15) is 36.7 Å². The number of likely N-dealkylation sites (tertiary alicyclic amines) is 1. The molecule has 0 bridgehead atoms. The van der Waals surface area contributed by atoms with Crippen LogP contribution in [0.25, 0.3) is 10.9 Å². The highest BCUT2D eigenvalue weighted by Gasteiger charge is 2.29. The number of benzene rings is 1. The van der Waals surface area contributed by atoms with Gasteiger partial charge in [-0.15, -0.1) is 0 Å². The highest BCUT2D eigenvalue weighted by atomic mass is 16.3. The summed E-state index contributed by atoms with van der Waals surface area (Å²) in [7, 11) is 0. The lowest BCUT2D eigenvalue weighted by Crippen LogP contribution is -2.33. The van der Waals surface area contributed by atoms with E-state index in [4.69, 9.17) is 5.73 Å². The van der Waals surface area contributed by atoms with E-state index in [0.29, 0.717) is 37.3 Å². The monoisotopic (exact) mass is 288 g/mol. The van der Waals surface area contributed by atoms with Crippen LogP contribution in [0.3, 0.4) is 0 Å². The molecule has 1 aromatic heterocycles. The Labute approximate surface area is 122 Å². The number of hydrogen-bond donors (Lipinski definition) is 3. The van der Waals surface area contributed by atoms with Gasteiger partial charge in [0.1, 0.15) is 0 Å². The van der Waals surface area contributed by atoms with Crippen molar-refractivity contribution >= 4 is 22.5 Å². The van der Waals surface area contributed by atoms with Crippen molar-refractivity contribution in [3.05, 3.63) is 23.9 Å². The highest BCUT2D eigenvalue weighted by Crippen LogP contribution is 2.24. The molecule has 1 unspecified atom stereocenters. The predicted octanol–water partition coefficient (Wildman–Crippen LogP) is 1.52. The number of nitrogen functional groups attached to an aromatic ring is 1. The van der Waals surface area contributed by atoms with E-state index in [1.807, 2.05) is 13.0 Å². The second-order valence-electron chi connectivity index (χ2n) is 6.02. The van der Waals surface area contributed by atoms with Crippen molar-refractivity contribution in [3.63, 3.8) is 0 Å². The lowest BCUT2D eigenvalue weighted by molar-refractivity contribution is 0.0437. The van der Waals surface area contributed by atoms with Gasteiger partial charge < -0.3 is 15.7 Å². The Hall–Kier alpha value is -2.08. The molecule has 1 amide bonds. The third kappa shape index (κ3) is 2.71. The average Bonchev–Trinajstić information content (AvgIpc) is 2.75. The van der Waals surface area contributed by atoms with E-state index >= 15 is 0 Å². The maximum atomic E-state index is 12.7. The first kappa shape index (κ1) is 13.9. The number of fused-ring (bicyclic) bond motifs is 1. The molecule has 0 aliphatic carbocycles. The van der Waals surface area contributed by atoms with Gasteiger partial charge >= 0.3 is 0 Å². The molecule has 0 radical (unpaired) electrons. The number of nitrogens with zero attached hydrogens (tertiary/aromatic N) is 2. The molecule has 1 atom stereocenters. The van der Waals surface area contributed by atoms with Crippen LogP contribution in [0.15, 0.2) is 18.2 Å². The molecule has 112 valence electrons. The fraction of sp³-hybridized carbons (Fsp3) is 0.467. The molecule has 6 heteroatoms. The van der Waals surface area contributed by atoms with Crippen LogP contribution in [0.5, 0.6) is 0 Å². The number of hydrogen-bond acceptors (Lipinski definition) is 4. The minimum absolute atomic E-state index is 0.107. The van der Waals surface area contributed by atoms with E-state index in [0.717, 1.165) is 17.3 Å². The summed E-state index contributed by atoms with van der Waals surface area (Å²) in [5.41, 5.74) is 6.91. The van der Waals surface area contributed by atoms with Crippen LogP contribution in [-0.4, -0.2) is 44.8 Å². The SMILES string of the molecule is CC1(O)CCCN(C(=O)c2n[nH]c3ccc(N)cc23)CC1. The summed E-state index contributed by atoms with van der Waals surface area (Å²) >= 11 is 0. The van der Waals surface area contributed by atoms with E-state index in [1.54, 1.807) is 17.0 Å². The van der Waals surface area contributed by atoms with Crippen LogP contribution in [-0.2, 0) is 0 Å². The van der Waals surface area contributed by atoms with Gasteiger partial charge in [-0.2, -0.15) is 5.10 Å². The number of aromatic amines is 1. The van der Waals surface area contributed by atoms with Gasteiger partial charge in [-0.05, 0) is 44.4 Å². The van der Waals surface area contributed by atoms with Crippen LogP contribution >= 0.6 is 0 Å². The fourth-order valence-electron chi connectivity index (χ4n) is 2.81. The Bertz CT molecular complexity index is 677. The molecule has 1 saturated heterocycles. The summed E-state index contributed by atoms with van der Waals surface area (Å²) in [6.07, 6.45) is 2.09. The van der Waals surface area contributed by atoms with E-state index in [9.17, 15) is 9.90 Å². The van der Waals surface area contributed by atoms with Crippen LogP contribution in [0, 0.1) is 0 Å². The normalized spacial score (nSPS) is 23.2. The number of nitrogens with two attached hydrogens (primary N) is 1. The van der Waals surface area contributed by atoms with Crippen molar-refractivity contribution < 1.29 is 9.90 Å². The zero-order valence-electron chi connectivity index (χ0n) is 12.1. The molecule has 6 nitrogen and oxygen atoms in total. The number of amides is 1. The van der Waals surface area contributed by atoms with Gasteiger partial charge in [0.15, 0.2) is 5.69 Å². The number of nitrogens with one attached hydrogen (secondary N) is 1. The molecule has 21 heavy (non-hydrogen) atoms. The first-order chi connectivity index (χ1) is 9.96. The van der Waals surface area contributed by atoms with E-state index in [2.05, 4.69) is 10.2 Å². The van der Waals surface area contributed by atoms with E-state index < -0.39 is 5.60 Å². The summed E-state index contributed by atoms with van der Waals surface area (Å²) in [6.45, 7) is 3.01. The van der Waals surface area contributed by atoms with Gasteiger partial charge in [0.05, 0.1) is 11.1 Å². The molecule has 1 aliphatic heterocycles. The standard InChI is InChI=1S/C15H20N4O2/c1-15(21)5-2-7-19(8-6-15)14(20)13-11-9-10(16)3-4-12(11)17-18-13/h3-4,9,21H,2,5-8,16H2,1H3,(H,17,18). The number of carbonyl (C=O) groups excluding carboxylic acids is 1. The van der Waals surface area contributed by atoms with E-state index in [1.165, 1.54) is 0 Å². The molecular formula is C15H20N4O2. The van der Waals surface area contributed by atoms with Crippen molar-refractivity contribution in [2.24, 2.45) is 0 Å². The fourth-order valence-corrected chi connectivity index (χ4v) is 2.81. The van der Waals surface area contributed by atoms with Gasteiger partial charge in [0.2, 0.25) is 0 Å². The Balaban J connectivity index is 1.88. The van der Waals surface area contributed by atoms with Crippen molar-refractivity contribution in [1.29, 1.82) is 0 Å². The van der Waals surface area contributed by atoms with Gasteiger partial charge in [0, 0.05) is 24.2 Å². The maximum absolute atomic E-state index is 12.7. The summed E-state index contributed by atoms with van der Waals surface area (Å²) in [4.78, 5) is 14.4. The Morgan fingerprint density at radius 3 is 3.05 bits per heavy atom. The smallest absolute Gasteiger partial charge is 0.274 e. The Morgan fingerprint density at radius 2 is 2.24 bits per heavy atom. The quantitative estimate of drug-likeness (QED) is 0.693. The molecule has 4 N–H and O–H groups in total. The summed E-state index contributed by atoms with van der Waals surface area (Å²) in [6, 6.07) is 5.36. The number of anilines is 1. The number of H-pyrrole nitrogens is 1. The van der Waals surface area contributed by atoms with Gasteiger partial charge in [-0.25, -0.2) is 0 Å². The molecule has 1 aromatic carbocycles. The average molecular weight is 288 g/mol. The largest absolute Gasteiger partial charge is 0.399 e. The van der Waals surface area contributed by atoms with E-state index in [-0.39, 0.29) is 5.91 Å². The molecule has 3 rings (SSSR count). The van der Waals surface area contributed by atoms with Crippen molar-refractivity contribution in [3.8, 4) is 0 Å².